The molecule has 0 spiro atoms. The smallest absolute Gasteiger partial charge is 0.168 e. The van der Waals surface area contributed by atoms with Crippen LogP contribution in [0.2, 0.25) is 0 Å². The Kier molecular flexibility index (Phi) is 3.47. The van der Waals surface area contributed by atoms with E-state index in [0.717, 1.165) is 0 Å². The van der Waals surface area contributed by atoms with Gasteiger partial charge in [0.25, 0.3) is 0 Å². The standard InChI is InChI=1S/C9H17NO4/c1-3-9(4-2)8(13)7(10-14-9)6(12)5-11/h6,8,11-13H,3-5H2,1-2H3/t6-,8-/m0/s1. The first-order valence-electron chi connectivity index (χ1n) is 4.84. The van der Waals surface area contributed by atoms with Crippen molar-refractivity contribution in [2.45, 2.75) is 44.5 Å². The van der Waals surface area contributed by atoms with Gasteiger partial charge >= 0.3 is 0 Å². The van der Waals surface area contributed by atoms with Gasteiger partial charge in [-0.1, -0.05) is 19.0 Å². The van der Waals surface area contributed by atoms with Gasteiger partial charge in [-0.05, 0) is 12.8 Å². The summed E-state index contributed by atoms with van der Waals surface area (Å²) in [6.45, 7) is 3.32. The molecule has 1 aliphatic heterocycles. The second kappa shape index (κ2) is 4.25. The molecule has 5 heteroatoms. The molecule has 0 amide bonds. The lowest BCUT2D eigenvalue weighted by Gasteiger charge is -2.27. The SMILES string of the molecule is CCC1(CC)ON=C([C@@H](O)CO)[C@@H]1O. The first kappa shape index (κ1) is 11.4. The summed E-state index contributed by atoms with van der Waals surface area (Å²) in [6.07, 6.45) is -0.851. The highest BCUT2D eigenvalue weighted by Crippen LogP contribution is 2.31. The summed E-state index contributed by atoms with van der Waals surface area (Å²) in [6, 6.07) is 0. The Balaban J connectivity index is 2.78. The predicted molar refractivity (Wildman–Crippen MR) is 50.9 cm³/mol. The Labute approximate surface area is 83.0 Å². The molecule has 0 saturated carbocycles. The first-order valence-corrected chi connectivity index (χ1v) is 4.84. The van der Waals surface area contributed by atoms with Crippen molar-refractivity contribution >= 4 is 5.71 Å². The Hall–Kier alpha value is -0.650. The monoisotopic (exact) mass is 203 g/mol. The second-order valence-electron chi connectivity index (χ2n) is 3.48. The van der Waals surface area contributed by atoms with Crippen molar-refractivity contribution in [3.8, 4) is 0 Å². The minimum absolute atomic E-state index is 0.121. The maximum absolute atomic E-state index is 9.87. The van der Waals surface area contributed by atoms with Gasteiger partial charge in [-0.3, -0.25) is 0 Å². The van der Waals surface area contributed by atoms with E-state index in [0.29, 0.717) is 12.8 Å². The quantitative estimate of drug-likeness (QED) is 0.583. The number of aliphatic hydroxyl groups excluding tert-OH is 3. The van der Waals surface area contributed by atoms with Gasteiger partial charge in [0, 0.05) is 0 Å². The van der Waals surface area contributed by atoms with Crippen LogP contribution >= 0.6 is 0 Å². The zero-order valence-electron chi connectivity index (χ0n) is 8.47. The Morgan fingerprint density at radius 3 is 2.43 bits per heavy atom. The van der Waals surface area contributed by atoms with Gasteiger partial charge in [0.15, 0.2) is 5.60 Å². The number of hydrogen-bond donors (Lipinski definition) is 3. The summed E-state index contributed by atoms with van der Waals surface area (Å²) in [5, 5.41) is 31.6. The van der Waals surface area contributed by atoms with Gasteiger partial charge in [0.05, 0.1) is 6.61 Å². The third kappa shape index (κ3) is 1.63. The number of aliphatic hydroxyl groups is 3. The molecule has 0 saturated heterocycles. The molecule has 14 heavy (non-hydrogen) atoms. The van der Waals surface area contributed by atoms with E-state index in [1.165, 1.54) is 0 Å². The van der Waals surface area contributed by atoms with Crippen LogP contribution in [0.15, 0.2) is 5.16 Å². The van der Waals surface area contributed by atoms with Crippen LogP contribution in [-0.2, 0) is 4.84 Å². The zero-order valence-corrected chi connectivity index (χ0v) is 8.47. The third-order valence-corrected chi connectivity index (χ3v) is 2.82. The summed E-state index contributed by atoms with van der Waals surface area (Å²) in [7, 11) is 0. The molecule has 0 aliphatic carbocycles. The van der Waals surface area contributed by atoms with Crippen LogP contribution in [0.3, 0.4) is 0 Å². The van der Waals surface area contributed by atoms with E-state index in [1.54, 1.807) is 0 Å². The molecule has 82 valence electrons. The lowest BCUT2D eigenvalue weighted by molar-refractivity contribution is -0.0805. The van der Waals surface area contributed by atoms with Crippen LogP contribution < -0.4 is 0 Å². The average molecular weight is 203 g/mol. The molecule has 1 rings (SSSR count). The maximum Gasteiger partial charge on any atom is 0.168 e. The Bertz CT molecular complexity index is 225. The average Bonchev–Trinajstić information content (AvgIpc) is 2.55. The van der Waals surface area contributed by atoms with E-state index >= 15 is 0 Å². The van der Waals surface area contributed by atoms with Crippen LogP contribution in [0.4, 0.5) is 0 Å². The number of nitrogens with zero attached hydrogens (tertiary/aromatic N) is 1. The highest BCUT2D eigenvalue weighted by atomic mass is 16.7. The van der Waals surface area contributed by atoms with Crippen LogP contribution in [0.1, 0.15) is 26.7 Å². The third-order valence-electron chi connectivity index (χ3n) is 2.82. The van der Waals surface area contributed by atoms with E-state index in [-0.39, 0.29) is 5.71 Å². The number of oxime groups is 1. The molecule has 1 aliphatic rings. The van der Waals surface area contributed by atoms with Crippen molar-refractivity contribution in [3.05, 3.63) is 0 Å². The van der Waals surface area contributed by atoms with Crippen molar-refractivity contribution < 1.29 is 20.2 Å². The highest BCUT2D eigenvalue weighted by Gasteiger charge is 2.47. The van der Waals surface area contributed by atoms with E-state index in [1.807, 2.05) is 13.8 Å². The van der Waals surface area contributed by atoms with Crippen LogP contribution in [0.5, 0.6) is 0 Å². The summed E-state index contributed by atoms with van der Waals surface area (Å²) >= 11 is 0. The van der Waals surface area contributed by atoms with Gasteiger partial charge < -0.3 is 20.2 Å². The summed E-state index contributed by atoms with van der Waals surface area (Å²) in [4.78, 5) is 5.15. The molecule has 2 atom stereocenters. The van der Waals surface area contributed by atoms with Gasteiger partial charge in [0.1, 0.15) is 17.9 Å². The van der Waals surface area contributed by atoms with Crippen LogP contribution in [0.25, 0.3) is 0 Å². The van der Waals surface area contributed by atoms with Gasteiger partial charge in [-0.2, -0.15) is 0 Å². The number of rotatable bonds is 4. The normalized spacial score (nSPS) is 26.9. The Morgan fingerprint density at radius 2 is 2.07 bits per heavy atom. The molecular weight excluding hydrogens is 186 g/mol. The molecular formula is C9H17NO4. The van der Waals surface area contributed by atoms with Gasteiger partial charge in [-0.25, -0.2) is 0 Å². The Morgan fingerprint density at radius 1 is 1.50 bits per heavy atom. The molecule has 0 aromatic rings. The van der Waals surface area contributed by atoms with Crippen molar-refractivity contribution in [1.29, 1.82) is 0 Å². The number of hydrogen-bond acceptors (Lipinski definition) is 5. The van der Waals surface area contributed by atoms with E-state index in [4.69, 9.17) is 9.94 Å². The van der Waals surface area contributed by atoms with Crippen molar-refractivity contribution in [3.63, 3.8) is 0 Å². The van der Waals surface area contributed by atoms with Crippen molar-refractivity contribution in [2.75, 3.05) is 6.61 Å². The molecule has 0 radical (unpaired) electrons. The van der Waals surface area contributed by atoms with E-state index in [9.17, 15) is 10.2 Å². The second-order valence-corrected chi connectivity index (χ2v) is 3.48. The minimum atomic E-state index is -1.13. The minimum Gasteiger partial charge on any atom is -0.393 e. The van der Waals surface area contributed by atoms with E-state index in [2.05, 4.69) is 5.16 Å². The summed E-state index contributed by atoms with van der Waals surface area (Å²) in [5.41, 5.74) is -0.609. The fourth-order valence-corrected chi connectivity index (χ4v) is 1.62. The molecule has 0 bridgehead atoms. The molecule has 3 N–H and O–H groups in total. The molecule has 0 aromatic carbocycles. The first-order chi connectivity index (χ1) is 6.61. The van der Waals surface area contributed by atoms with Crippen molar-refractivity contribution in [2.24, 2.45) is 5.16 Å². The van der Waals surface area contributed by atoms with Gasteiger partial charge in [-0.15, -0.1) is 0 Å². The molecule has 1 heterocycles. The molecule has 0 unspecified atom stereocenters. The summed E-state index contributed by atoms with van der Waals surface area (Å²) < 4.78 is 0. The van der Waals surface area contributed by atoms with E-state index < -0.39 is 24.4 Å². The maximum atomic E-state index is 9.87. The fraction of sp³-hybridized carbons (Fsp3) is 0.889. The predicted octanol–water partition coefficient (Wildman–Crippen LogP) is -0.355. The fourth-order valence-electron chi connectivity index (χ4n) is 1.62. The largest absolute Gasteiger partial charge is 0.393 e. The summed E-state index contributed by atoms with van der Waals surface area (Å²) in [5.74, 6) is 0. The van der Waals surface area contributed by atoms with Gasteiger partial charge in [0.2, 0.25) is 0 Å². The molecule has 0 fully saturated rings. The van der Waals surface area contributed by atoms with Crippen LogP contribution in [0, 0.1) is 0 Å². The zero-order chi connectivity index (χ0) is 10.8. The highest BCUT2D eigenvalue weighted by molar-refractivity contribution is 5.94. The molecule has 5 nitrogen and oxygen atoms in total. The lowest BCUT2D eigenvalue weighted by atomic mass is 9.87. The lowest BCUT2D eigenvalue weighted by Crippen LogP contribution is -2.46. The topological polar surface area (TPSA) is 82.3 Å². The van der Waals surface area contributed by atoms with Crippen molar-refractivity contribution in [1.82, 2.24) is 0 Å². The van der Waals surface area contributed by atoms with Crippen LogP contribution in [-0.4, -0.2) is 45.4 Å². The molecule has 0 aromatic heterocycles.